The molecule has 0 spiro atoms. The molecule has 0 aliphatic rings. The van der Waals surface area contributed by atoms with Gasteiger partial charge in [0, 0.05) is 6.42 Å². The zero-order chi connectivity index (χ0) is 15.3. The van der Waals surface area contributed by atoms with Crippen molar-refractivity contribution < 1.29 is 24.9 Å². The number of nitrogens with two attached hydrogens (primary N) is 1. The first-order valence-corrected chi connectivity index (χ1v) is 6.06. The Labute approximate surface area is 116 Å². The van der Waals surface area contributed by atoms with E-state index in [0.717, 1.165) is 0 Å². The first-order valence-electron chi connectivity index (χ1n) is 6.06. The number of aliphatic hydroxyl groups excluding tert-OH is 1. The van der Waals surface area contributed by atoms with Crippen molar-refractivity contribution in [1.82, 2.24) is 5.32 Å². The molecule has 6 N–H and O–H groups in total. The second-order valence-electron chi connectivity index (χ2n) is 4.54. The summed E-state index contributed by atoms with van der Waals surface area (Å²) in [6, 6.07) is 3.64. The average Bonchev–Trinajstić information content (AvgIpc) is 2.39. The van der Waals surface area contributed by atoms with Crippen LogP contribution >= 0.6 is 0 Å². The molecule has 1 rings (SSSR count). The molecule has 0 aliphatic heterocycles. The lowest BCUT2D eigenvalue weighted by atomic mass is 10.0. The number of phenolic OH excluding ortho intramolecular Hbond substituents is 1. The minimum Gasteiger partial charge on any atom is -0.508 e. The van der Waals surface area contributed by atoms with Gasteiger partial charge in [-0.05, 0) is 24.6 Å². The molecule has 0 saturated heterocycles. The third-order valence-corrected chi connectivity index (χ3v) is 2.81. The summed E-state index contributed by atoms with van der Waals surface area (Å²) >= 11 is 0. The van der Waals surface area contributed by atoms with E-state index < -0.39 is 30.1 Å². The summed E-state index contributed by atoms with van der Waals surface area (Å²) in [4.78, 5) is 22.8. The van der Waals surface area contributed by atoms with Gasteiger partial charge in [0.15, 0.2) is 0 Å². The standard InChI is InChI=1S/C13H18N2O5/c1-7(16)11(14)12(18)15-10(13(19)20)6-8-2-4-9(17)5-3-8/h2-5,7,10-11,16-17H,6,14H2,1H3,(H,15,18)(H,19,20)/t7?,10-,11-/m0/s1. The number of carbonyl (C=O) groups excluding carboxylic acids is 1. The molecule has 1 amide bonds. The lowest BCUT2D eigenvalue weighted by Gasteiger charge is -2.19. The third kappa shape index (κ3) is 4.52. The first kappa shape index (κ1) is 15.9. The van der Waals surface area contributed by atoms with Crippen LogP contribution in [-0.2, 0) is 16.0 Å². The van der Waals surface area contributed by atoms with Crippen LogP contribution in [0.1, 0.15) is 12.5 Å². The molecule has 0 radical (unpaired) electrons. The van der Waals surface area contributed by atoms with Crippen molar-refractivity contribution in [3.05, 3.63) is 29.8 Å². The summed E-state index contributed by atoms with van der Waals surface area (Å²) in [5, 5.41) is 29.7. The Kier molecular flexibility index (Phi) is 5.48. The summed E-state index contributed by atoms with van der Waals surface area (Å²) in [6.45, 7) is 1.35. The molecule has 0 aromatic heterocycles. The molecule has 0 heterocycles. The van der Waals surface area contributed by atoms with Gasteiger partial charge in [-0.15, -0.1) is 0 Å². The smallest absolute Gasteiger partial charge is 0.326 e. The fourth-order valence-electron chi connectivity index (χ4n) is 1.55. The quantitative estimate of drug-likeness (QED) is 0.464. The number of aromatic hydroxyl groups is 1. The van der Waals surface area contributed by atoms with Gasteiger partial charge in [-0.25, -0.2) is 4.79 Å². The van der Waals surface area contributed by atoms with Gasteiger partial charge in [0.2, 0.25) is 5.91 Å². The number of nitrogens with one attached hydrogen (secondary N) is 1. The van der Waals surface area contributed by atoms with Crippen LogP contribution in [-0.4, -0.2) is 45.4 Å². The van der Waals surface area contributed by atoms with Crippen LogP contribution in [0, 0.1) is 0 Å². The van der Waals surface area contributed by atoms with Gasteiger partial charge < -0.3 is 26.4 Å². The number of rotatable bonds is 6. The molecule has 1 aromatic rings. The van der Waals surface area contributed by atoms with E-state index in [1.54, 1.807) is 12.1 Å². The highest BCUT2D eigenvalue weighted by Gasteiger charge is 2.25. The first-order chi connectivity index (χ1) is 9.31. The molecule has 0 saturated carbocycles. The van der Waals surface area contributed by atoms with E-state index in [-0.39, 0.29) is 12.2 Å². The number of carboxylic acid groups (broad SMARTS) is 1. The van der Waals surface area contributed by atoms with Gasteiger partial charge >= 0.3 is 5.97 Å². The minimum absolute atomic E-state index is 0.0495. The summed E-state index contributed by atoms with van der Waals surface area (Å²) in [7, 11) is 0. The average molecular weight is 282 g/mol. The van der Waals surface area contributed by atoms with E-state index in [2.05, 4.69) is 5.32 Å². The van der Waals surface area contributed by atoms with Crippen molar-refractivity contribution in [1.29, 1.82) is 0 Å². The van der Waals surface area contributed by atoms with Crippen LogP contribution < -0.4 is 11.1 Å². The number of hydrogen-bond acceptors (Lipinski definition) is 5. The number of phenols is 1. The predicted molar refractivity (Wildman–Crippen MR) is 71.0 cm³/mol. The van der Waals surface area contributed by atoms with Gasteiger partial charge in [0.1, 0.15) is 17.8 Å². The number of carbonyl (C=O) groups is 2. The number of aliphatic carboxylic acids is 1. The Balaban J connectivity index is 2.72. The Morgan fingerprint density at radius 1 is 1.30 bits per heavy atom. The van der Waals surface area contributed by atoms with Gasteiger partial charge in [-0.3, -0.25) is 4.79 Å². The molecule has 7 nitrogen and oxygen atoms in total. The summed E-state index contributed by atoms with van der Waals surface area (Å²) < 4.78 is 0. The Morgan fingerprint density at radius 3 is 2.30 bits per heavy atom. The molecule has 0 aliphatic carbocycles. The number of amides is 1. The van der Waals surface area contributed by atoms with Crippen LogP contribution in [0.25, 0.3) is 0 Å². The van der Waals surface area contributed by atoms with Crippen molar-refractivity contribution in [2.45, 2.75) is 31.5 Å². The molecule has 0 fully saturated rings. The minimum atomic E-state index is -1.20. The van der Waals surface area contributed by atoms with E-state index in [0.29, 0.717) is 5.56 Å². The topological polar surface area (TPSA) is 133 Å². The van der Waals surface area contributed by atoms with E-state index in [4.69, 9.17) is 15.9 Å². The highest BCUT2D eigenvalue weighted by atomic mass is 16.4. The van der Waals surface area contributed by atoms with Gasteiger partial charge in [0.25, 0.3) is 0 Å². The normalized spacial score (nSPS) is 15.2. The number of hydrogen-bond donors (Lipinski definition) is 5. The molecule has 20 heavy (non-hydrogen) atoms. The third-order valence-electron chi connectivity index (χ3n) is 2.81. The second kappa shape index (κ2) is 6.88. The maximum atomic E-state index is 11.6. The van der Waals surface area contributed by atoms with Gasteiger partial charge in [0.05, 0.1) is 6.10 Å². The SMILES string of the molecule is CC(O)[C@H](N)C(=O)N[C@@H](Cc1ccc(O)cc1)C(=O)O. The van der Waals surface area contributed by atoms with E-state index in [1.807, 2.05) is 0 Å². The zero-order valence-electron chi connectivity index (χ0n) is 11.0. The lowest BCUT2D eigenvalue weighted by Crippen LogP contribution is -2.52. The lowest BCUT2D eigenvalue weighted by molar-refractivity contribution is -0.142. The molecule has 7 heteroatoms. The molecular weight excluding hydrogens is 264 g/mol. The summed E-state index contributed by atoms with van der Waals surface area (Å²) in [6.07, 6.45) is -1.02. The van der Waals surface area contributed by atoms with Crippen molar-refractivity contribution in [2.75, 3.05) is 0 Å². The Hall–Kier alpha value is -2.12. The van der Waals surface area contributed by atoms with E-state index >= 15 is 0 Å². The molecule has 1 unspecified atom stereocenters. The van der Waals surface area contributed by atoms with Crippen LogP contribution in [0.3, 0.4) is 0 Å². The van der Waals surface area contributed by atoms with E-state index in [1.165, 1.54) is 19.1 Å². The second-order valence-corrected chi connectivity index (χ2v) is 4.54. The van der Waals surface area contributed by atoms with Gasteiger partial charge in [-0.1, -0.05) is 12.1 Å². The maximum absolute atomic E-state index is 11.6. The zero-order valence-corrected chi connectivity index (χ0v) is 11.0. The van der Waals surface area contributed by atoms with Gasteiger partial charge in [-0.2, -0.15) is 0 Å². The van der Waals surface area contributed by atoms with Crippen molar-refractivity contribution in [2.24, 2.45) is 5.73 Å². The highest BCUT2D eigenvalue weighted by Crippen LogP contribution is 2.11. The number of carboxylic acids is 1. The Bertz CT molecular complexity index is 472. The largest absolute Gasteiger partial charge is 0.508 e. The summed E-state index contributed by atoms with van der Waals surface area (Å²) in [5.74, 6) is -1.86. The molecule has 3 atom stereocenters. The monoisotopic (exact) mass is 282 g/mol. The fourth-order valence-corrected chi connectivity index (χ4v) is 1.55. The maximum Gasteiger partial charge on any atom is 0.326 e. The number of aliphatic hydroxyl groups is 1. The molecule has 110 valence electrons. The molecule has 0 bridgehead atoms. The highest BCUT2D eigenvalue weighted by molar-refractivity contribution is 5.87. The van der Waals surface area contributed by atoms with Crippen LogP contribution in [0.5, 0.6) is 5.75 Å². The van der Waals surface area contributed by atoms with Crippen LogP contribution in [0.2, 0.25) is 0 Å². The Morgan fingerprint density at radius 2 is 1.85 bits per heavy atom. The molecular formula is C13H18N2O5. The van der Waals surface area contributed by atoms with E-state index in [9.17, 15) is 14.7 Å². The van der Waals surface area contributed by atoms with Crippen molar-refractivity contribution in [3.63, 3.8) is 0 Å². The summed E-state index contributed by atoms with van der Waals surface area (Å²) in [5.41, 5.74) is 6.07. The fraction of sp³-hybridized carbons (Fsp3) is 0.385. The van der Waals surface area contributed by atoms with Crippen molar-refractivity contribution in [3.8, 4) is 5.75 Å². The number of benzene rings is 1. The molecule has 1 aromatic carbocycles. The van der Waals surface area contributed by atoms with Crippen molar-refractivity contribution >= 4 is 11.9 Å². The van der Waals surface area contributed by atoms with Crippen LogP contribution in [0.15, 0.2) is 24.3 Å². The predicted octanol–water partition coefficient (Wildman–Crippen LogP) is -0.788. The van der Waals surface area contributed by atoms with Crippen LogP contribution in [0.4, 0.5) is 0 Å².